The highest BCUT2D eigenvalue weighted by atomic mass is 19.2. The summed E-state index contributed by atoms with van der Waals surface area (Å²) in [5.41, 5.74) is 0. The first kappa shape index (κ1) is 6.26. The van der Waals surface area contributed by atoms with Crippen molar-refractivity contribution >= 4 is 0 Å². The zero-order chi connectivity index (χ0) is 6.85. The van der Waals surface area contributed by atoms with E-state index in [9.17, 15) is 8.78 Å². The van der Waals surface area contributed by atoms with Crippen LogP contribution in [-0.4, -0.2) is 4.57 Å². The Balaban J connectivity index is 2.98. The van der Waals surface area contributed by atoms with Gasteiger partial charge in [-0.05, 0) is 6.92 Å². The normalized spacial score (nSPS) is 10.1. The highest BCUT2D eigenvalue weighted by Gasteiger charge is 2.01. The number of aromatic nitrogens is 1. The first-order chi connectivity index (χ1) is 4.24. The summed E-state index contributed by atoms with van der Waals surface area (Å²) in [6.45, 7) is 2.42. The minimum absolute atomic E-state index is 0.598. The summed E-state index contributed by atoms with van der Waals surface area (Å²) in [6, 6.07) is 0. The van der Waals surface area contributed by atoms with Gasteiger partial charge in [0.2, 0.25) is 0 Å². The van der Waals surface area contributed by atoms with Gasteiger partial charge in [0.25, 0.3) is 0 Å². The molecular weight excluding hydrogens is 124 g/mol. The van der Waals surface area contributed by atoms with Crippen LogP contribution in [0.3, 0.4) is 0 Å². The predicted octanol–water partition coefficient (Wildman–Crippen LogP) is 1.79. The van der Waals surface area contributed by atoms with Crippen LogP contribution < -0.4 is 0 Å². The third-order valence-corrected chi connectivity index (χ3v) is 1.15. The summed E-state index contributed by atoms with van der Waals surface area (Å²) in [6.07, 6.45) is 2.27. The highest BCUT2D eigenvalue weighted by molar-refractivity contribution is 4.98. The fraction of sp³-hybridized carbons (Fsp3) is 0.333. The molecule has 3 heteroatoms. The Morgan fingerprint density at radius 1 is 1.33 bits per heavy atom. The Morgan fingerprint density at radius 2 is 1.78 bits per heavy atom. The summed E-state index contributed by atoms with van der Waals surface area (Å²) in [4.78, 5) is 0. The van der Waals surface area contributed by atoms with Crippen LogP contribution in [0.4, 0.5) is 8.78 Å². The van der Waals surface area contributed by atoms with Gasteiger partial charge in [0.05, 0.1) is 0 Å². The molecule has 0 aliphatic carbocycles. The Hall–Kier alpha value is -0.860. The van der Waals surface area contributed by atoms with E-state index in [1.165, 1.54) is 4.57 Å². The van der Waals surface area contributed by atoms with E-state index >= 15 is 0 Å². The van der Waals surface area contributed by atoms with Crippen molar-refractivity contribution < 1.29 is 8.78 Å². The van der Waals surface area contributed by atoms with Crippen LogP contribution in [0, 0.1) is 11.6 Å². The molecule has 0 unspecified atom stereocenters. The molecule has 1 heterocycles. The lowest BCUT2D eigenvalue weighted by Gasteiger charge is -1.89. The molecular formula is C6H7F2N. The highest BCUT2D eigenvalue weighted by Crippen LogP contribution is 2.04. The Kier molecular flexibility index (Phi) is 1.51. The molecule has 1 rings (SSSR count). The van der Waals surface area contributed by atoms with Gasteiger partial charge in [0, 0.05) is 18.9 Å². The van der Waals surface area contributed by atoms with Crippen molar-refractivity contribution in [3.8, 4) is 0 Å². The van der Waals surface area contributed by atoms with Gasteiger partial charge in [-0.25, -0.2) is 8.78 Å². The molecule has 0 radical (unpaired) electrons. The number of hydrogen-bond acceptors (Lipinski definition) is 0. The lowest BCUT2D eigenvalue weighted by atomic mass is 10.6. The van der Waals surface area contributed by atoms with E-state index < -0.39 is 11.6 Å². The molecule has 9 heavy (non-hydrogen) atoms. The molecule has 0 N–H and O–H groups in total. The molecule has 0 saturated heterocycles. The zero-order valence-electron chi connectivity index (χ0n) is 5.06. The molecule has 0 atom stereocenters. The number of aryl methyl sites for hydroxylation is 1. The number of halogens is 2. The standard InChI is InChI=1S/C6H7F2N/c1-2-9-3-5(7)6(8)4-9/h3-4H,2H2,1H3. The van der Waals surface area contributed by atoms with E-state index in [1.807, 2.05) is 6.92 Å². The number of rotatable bonds is 1. The second-order valence-electron chi connectivity index (χ2n) is 1.78. The van der Waals surface area contributed by atoms with E-state index in [-0.39, 0.29) is 0 Å². The quantitative estimate of drug-likeness (QED) is 0.547. The average Bonchev–Trinajstić information content (AvgIpc) is 2.13. The van der Waals surface area contributed by atoms with E-state index in [1.54, 1.807) is 0 Å². The zero-order valence-corrected chi connectivity index (χ0v) is 5.06. The van der Waals surface area contributed by atoms with Crippen molar-refractivity contribution in [3.63, 3.8) is 0 Å². The SMILES string of the molecule is CCn1cc(F)c(F)c1. The van der Waals surface area contributed by atoms with Crippen molar-refractivity contribution in [3.05, 3.63) is 24.0 Å². The fourth-order valence-electron chi connectivity index (χ4n) is 0.634. The molecule has 0 spiro atoms. The first-order valence-electron chi connectivity index (χ1n) is 2.75. The molecule has 50 valence electrons. The Morgan fingerprint density at radius 3 is 2.00 bits per heavy atom. The molecule has 0 fully saturated rings. The predicted molar refractivity (Wildman–Crippen MR) is 30.0 cm³/mol. The van der Waals surface area contributed by atoms with Crippen molar-refractivity contribution in [2.75, 3.05) is 0 Å². The summed E-state index contributed by atoms with van der Waals surface area (Å²) in [5, 5.41) is 0. The monoisotopic (exact) mass is 131 g/mol. The molecule has 0 saturated carbocycles. The molecule has 1 nitrogen and oxygen atoms in total. The van der Waals surface area contributed by atoms with Crippen molar-refractivity contribution in [1.82, 2.24) is 4.57 Å². The van der Waals surface area contributed by atoms with E-state index in [0.29, 0.717) is 6.54 Å². The van der Waals surface area contributed by atoms with E-state index in [2.05, 4.69) is 0 Å². The van der Waals surface area contributed by atoms with Crippen molar-refractivity contribution in [2.45, 2.75) is 13.5 Å². The van der Waals surface area contributed by atoms with Gasteiger partial charge in [-0.1, -0.05) is 0 Å². The largest absolute Gasteiger partial charge is 0.349 e. The van der Waals surface area contributed by atoms with Crippen LogP contribution in [0.15, 0.2) is 12.4 Å². The molecule has 0 amide bonds. The van der Waals surface area contributed by atoms with Crippen molar-refractivity contribution in [1.29, 1.82) is 0 Å². The van der Waals surface area contributed by atoms with Crippen molar-refractivity contribution in [2.24, 2.45) is 0 Å². The molecule has 0 aliphatic heterocycles. The van der Waals surface area contributed by atoms with Crippen LogP contribution in [0.1, 0.15) is 6.92 Å². The fourth-order valence-corrected chi connectivity index (χ4v) is 0.634. The van der Waals surface area contributed by atoms with Crippen LogP contribution in [0.2, 0.25) is 0 Å². The second-order valence-corrected chi connectivity index (χ2v) is 1.78. The number of nitrogens with zero attached hydrogens (tertiary/aromatic N) is 1. The molecule has 1 aromatic heterocycles. The van der Waals surface area contributed by atoms with Crippen LogP contribution in [0.25, 0.3) is 0 Å². The lowest BCUT2D eigenvalue weighted by molar-refractivity contribution is 0.516. The van der Waals surface area contributed by atoms with Gasteiger partial charge in [-0.2, -0.15) is 0 Å². The maximum absolute atomic E-state index is 12.1. The lowest BCUT2D eigenvalue weighted by Crippen LogP contribution is -1.86. The smallest absolute Gasteiger partial charge is 0.176 e. The minimum atomic E-state index is -0.781. The summed E-state index contributed by atoms with van der Waals surface area (Å²) in [7, 11) is 0. The van der Waals surface area contributed by atoms with E-state index in [0.717, 1.165) is 12.4 Å². The van der Waals surface area contributed by atoms with Crippen LogP contribution in [-0.2, 0) is 6.54 Å². The van der Waals surface area contributed by atoms with Gasteiger partial charge in [-0.3, -0.25) is 0 Å². The van der Waals surface area contributed by atoms with Gasteiger partial charge in [-0.15, -0.1) is 0 Å². The maximum atomic E-state index is 12.1. The molecule has 0 bridgehead atoms. The second kappa shape index (κ2) is 2.17. The Bertz CT molecular complexity index is 185. The molecule has 0 aromatic carbocycles. The van der Waals surface area contributed by atoms with Crippen LogP contribution >= 0.6 is 0 Å². The molecule has 0 aliphatic rings. The summed E-state index contributed by atoms with van der Waals surface area (Å²) < 4.78 is 25.7. The maximum Gasteiger partial charge on any atom is 0.176 e. The van der Waals surface area contributed by atoms with Gasteiger partial charge < -0.3 is 4.57 Å². The van der Waals surface area contributed by atoms with Gasteiger partial charge in [0.1, 0.15) is 0 Å². The van der Waals surface area contributed by atoms with Crippen LogP contribution in [0.5, 0.6) is 0 Å². The third-order valence-electron chi connectivity index (χ3n) is 1.15. The van der Waals surface area contributed by atoms with E-state index in [4.69, 9.17) is 0 Å². The Labute approximate surface area is 51.9 Å². The van der Waals surface area contributed by atoms with Gasteiger partial charge in [0.15, 0.2) is 11.6 Å². The third kappa shape index (κ3) is 1.09. The minimum Gasteiger partial charge on any atom is -0.349 e. The summed E-state index contributed by atoms with van der Waals surface area (Å²) in [5.74, 6) is -1.56. The summed E-state index contributed by atoms with van der Waals surface area (Å²) >= 11 is 0. The molecule has 1 aromatic rings. The average molecular weight is 131 g/mol. The van der Waals surface area contributed by atoms with Gasteiger partial charge >= 0.3 is 0 Å². The first-order valence-corrected chi connectivity index (χ1v) is 2.75. The topological polar surface area (TPSA) is 4.93 Å². The number of hydrogen-bond donors (Lipinski definition) is 0.